The number of rotatable bonds is 4. The van der Waals surface area contributed by atoms with Crippen LogP contribution in [0.4, 0.5) is 5.82 Å². The second-order valence-electron chi connectivity index (χ2n) is 5.31. The lowest BCUT2D eigenvalue weighted by molar-refractivity contribution is 0.583. The monoisotopic (exact) mass is 359 g/mol. The third-order valence-electron chi connectivity index (χ3n) is 3.72. The van der Waals surface area contributed by atoms with E-state index in [9.17, 15) is 0 Å². The van der Waals surface area contributed by atoms with Crippen LogP contribution in [0, 0.1) is 9.49 Å². The van der Waals surface area contributed by atoms with Crippen molar-refractivity contribution in [3.63, 3.8) is 0 Å². The molecule has 0 aromatic carbocycles. The summed E-state index contributed by atoms with van der Waals surface area (Å²) in [5.41, 5.74) is 1.21. The number of hydrogen-bond acceptors (Lipinski definition) is 3. The van der Waals surface area contributed by atoms with E-state index in [-0.39, 0.29) is 0 Å². The molecule has 0 aliphatic heterocycles. The van der Waals surface area contributed by atoms with Crippen LogP contribution in [-0.4, -0.2) is 17.0 Å². The predicted molar refractivity (Wildman–Crippen MR) is 84.0 cm³/mol. The van der Waals surface area contributed by atoms with Crippen molar-refractivity contribution in [3.8, 4) is 0 Å². The zero-order chi connectivity index (χ0) is 13.1. The summed E-state index contributed by atoms with van der Waals surface area (Å²) in [5.74, 6) is 3.46. The van der Waals surface area contributed by atoms with Crippen LogP contribution in [0.2, 0.25) is 0 Å². The van der Waals surface area contributed by atoms with Gasteiger partial charge in [0.1, 0.15) is 11.6 Å². The van der Waals surface area contributed by atoms with Crippen molar-refractivity contribution in [2.24, 2.45) is 5.92 Å². The van der Waals surface area contributed by atoms with E-state index < -0.39 is 0 Å². The summed E-state index contributed by atoms with van der Waals surface area (Å²) in [6, 6.07) is 0. The highest BCUT2D eigenvalue weighted by molar-refractivity contribution is 14.1. The van der Waals surface area contributed by atoms with Gasteiger partial charge in [-0.25, -0.2) is 9.97 Å². The van der Waals surface area contributed by atoms with E-state index in [1.807, 2.05) is 7.05 Å². The summed E-state index contributed by atoms with van der Waals surface area (Å²) in [7, 11) is 1.95. The molecule has 3 nitrogen and oxygen atoms in total. The highest BCUT2D eigenvalue weighted by Gasteiger charge is 2.26. The summed E-state index contributed by atoms with van der Waals surface area (Å²) in [6.07, 6.45) is 5.99. The first-order valence-corrected chi connectivity index (χ1v) is 7.97. The number of anilines is 1. The molecule has 2 unspecified atom stereocenters. The van der Waals surface area contributed by atoms with Gasteiger partial charge in [0.2, 0.25) is 0 Å². The van der Waals surface area contributed by atoms with Gasteiger partial charge in [-0.3, -0.25) is 0 Å². The smallest absolute Gasteiger partial charge is 0.143 e. The Kier molecular flexibility index (Phi) is 4.81. The zero-order valence-corrected chi connectivity index (χ0v) is 13.6. The molecular formula is C14H22IN3. The number of aromatic nitrogens is 2. The summed E-state index contributed by atoms with van der Waals surface area (Å²) < 4.78 is 1.19. The Morgan fingerprint density at radius 3 is 2.67 bits per heavy atom. The number of halogens is 1. The number of aryl methyl sites for hydroxylation is 1. The molecule has 1 heterocycles. The molecule has 0 saturated heterocycles. The van der Waals surface area contributed by atoms with Gasteiger partial charge in [-0.2, -0.15) is 0 Å². The summed E-state index contributed by atoms with van der Waals surface area (Å²) in [5, 5.41) is 3.21. The molecule has 18 heavy (non-hydrogen) atoms. The molecule has 1 fully saturated rings. The van der Waals surface area contributed by atoms with Gasteiger partial charge in [0, 0.05) is 13.0 Å². The van der Waals surface area contributed by atoms with Crippen LogP contribution in [0.25, 0.3) is 0 Å². The first-order chi connectivity index (χ1) is 8.65. The van der Waals surface area contributed by atoms with E-state index >= 15 is 0 Å². The molecule has 100 valence electrons. The zero-order valence-electron chi connectivity index (χ0n) is 11.5. The minimum atomic E-state index is 0.569. The molecule has 0 bridgehead atoms. The lowest BCUT2D eigenvalue weighted by Gasteiger charge is -2.14. The van der Waals surface area contributed by atoms with Gasteiger partial charge in [-0.05, 0) is 54.2 Å². The van der Waals surface area contributed by atoms with E-state index in [1.54, 1.807) is 0 Å². The first-order valence-electron chi connectivity index (χ1n) is 6.89. The molecule has 1 aromatic rings. The average Bonchev–Trinajstić information content (AvgIpc) is 2.79. The van der Waals surface area contributed by atoms with Gasteiger partial charge in [-0.1, -0.05) is 20.3 Å². The SMILES string of the molecule is CCCc1nc(C2CCC(C)C2)nc(NC)c1I. The van der Waals surface area contributed by atoms with E-state index in [2.05, 4.69) is 41.8 Å². The summed E-state index contributed by atoms with van der Waals surface area (Å²) >= 11 is 2.36. The Bertz CT molecular complexity index is 420. The largest absolute Gasteiger partial charge is 0.372 e. The second-order valence-corrected chi connectivity index (χ2v) is 6.38. The Morgan fingerprint density at radius 2 is 2.11 bits per heavy atom. The molecule has 2 rings (SSSR count). The average molecular weight is 359 g/mol. The number of nitrogens with one attached hydrogen (secondary N) is 1. The van der Waals surface area contributed by atoms with Gasteiger partial charge < -0.3 is 5.32 Å². The van der Waals surface area contributed by atoms with Crippen molar-refractivity contribution in [2.45, 2.75) is 51.9 Å². The van der Waals surface area contributed by atoms with Crippen LogP contribution < -0.4 is 5.32 Å². The molecule has 0 amide bonds. The molecule has 2 atom stereocenters. The topological polar surface area (TPSA) is 37.8 Å². The maximum Gasteiger partial charge on any atom is 0.143 e. The lowest BCUT2D eigenvalue weighted by Crippen LogP contribution is -2.10. The predicted octanol–water partition coefficient (Wildman–Crippen LogP) is 3.98. The van der Waals surface area contributed by atoms with E-state index in [1.165, 1.54) is 28.5 Å². The van der Waals surface area contributed by atoms with Crippen LogP contribution in [0.5, 0.6) is 0 Å². The van der Waals surface area contributed by atoms with Gasteiger partial charge >= 0.3 is 0 Å². The molecular weight excluding hydrogens is 337 g/mol. The van der Waals surface area contributed by atoms with Crippen molar-refractivity contribution in [1.29, 1.82) is 0 Å². The first kappa shape index (κ1) is 14.0. The molecule has 1 aliphatic rings. The summed E-state index contributed by atoms with van der Waals surface area (Å²) in [6.45, 7) is 4.53. The van der Waals surface area contributed by atoms with E-state index in [0.29, 0.717) is 5.92 Å². The van der Waals surface area contributed by atoms with Crippen LogP contribution in [0.3, 0.4) is 0 Å². The Morgan fingerprint density at radius 1 is 1.33 bits per heavy atom. The maximum absolute atomic E-state index is 4.83. The molecule has 1 saturated carbocycles. The minimum Gasteiger partial charge on any atom is -0.372 e. The Labute approximate surface area is 123 Å². The third-order valence-corrected chi connectivity index (χ3v) is 4.85. The summed E-state index contributed by atoms with van der Waals surface area (Å²) in [4.78, 5) is 9.55. The molecule has 1 N–H and O–H groups in total. The maximum atomic E-state index is 4.83. The second kappa shape index (κ2) is 6.17. The molecule has 0 spiro atoms. The normalized spacial score (nSPS) is 23.3. The van der Waals surface area contributed by atoms with Gasteiger partial charge in [0.25, 0.3) is 0 Å². The Balaban J connectivity index is 2.32. The highest BCUT2D eigenvalue weighted by Crippen LogP contribution is 2.37. The fourth-order valence-corrected chi connectivity index (χ4v) is 3.49. The molecule has 1 aromatic heterocycles. The van der Waals surface area contributed by atoms with Gasteiger partial charge in [0.15, 0.2) is 0 Å². The minimum absolute atomic E-state index is 0.569. The fraction of sp³-hybridized carbons (Fsp3) is 0.714. The Hall–Kier alpha value is -0.390. The van der Waals surface area contributed by atoms with Gasteiger partial charge in [0.05, 0.1) is 9.26 Å². The fourth-order valence-electron chi connectivity index (χ4n) is 2.70. The lowest BCUT2D eigenvalue weighted by atomic mass is 10.1. The van der Waals surface area contributed by atoms with Crippen molar-refractivity contribution < 1.29 is 0 Å². The van der Waals surface area contributed by atoms with Crippen molar-refractivity contribution >= 4 is 28.4 Å². The quantitative estimate of drug-likeness (QED) is 0.827. The van der Waals surface area contributed by atoms with Crippen LogP contribution in [0.15, 0.2) is 0 Å². The van der Waals surface area contributed by atoms with Crippen LogP contribution in [-0.2, 0) is 6.42 Å². The third kappa shape index (κ3) is 2.95. The molecule has 4 heteroatoms. The van der Waals surface area contributed by atoms with Gasteiger partial charge in [-0.15, -0.1) is 0 Å². The van der Waals surface area contributed by atoms with Crippen molar-refractivity contribution in [3.05, 3.63) is 15.1 Å². The molecule has 1 aliphatic carbocycles. The van der Waals surface area contributed by atoms with Crippen molar-refractivity contribution in [2.75, 3.05) is 12.4 Å². The van der Waals surface area contributed by atoms with Crippen molar-refractivity contribution in [1.82, 2.24) is 9.97 Å². The number of nitrogens with zero attached hydrogens (tertiary/aromatic N) is 2. The standard InChI is InChI=1S/C14H22IN3/c1-4-5-11-12(15)14(16-3)18-13(17-11)10-7-6-9(2)8-10/h9-10H,4-8H2,1-3H3,(H,16,17,18). The number of hydrogen-bond donors (Lipinski definition) is 1. The van der Waals surface area contributed by atoms with E-state index in [0.717, 1.165) is 30.4 Å². The molecule has 0 radical (unpaired) electrons. The van der Waals surface area contributed by atoms with Crippen LogP contribution >= 0.6 is 22.6 Å². The highest BCUT2D eigenvalue weighted by atomic mass is 127. The van der Waals surface area contributed by atoms with E-state index in [4.69, 9.17) is 9.97 Å². The van der Waals surface area contributed by atoms with Crippen LogP contribution in [0.1, 0.15) is 57.0 Å².